The maximum atomic E-state index is 12.3. The average molecular weight is 408 g/mol. The first-order valence-electron chi connectivity index (χ1n) is 9.63. The number of rotatable bonds is 4. The highest BCUT2D eigenvalue weighted by Gasteiger charge is 2.22. The van der Waals surface area contributed by atoms with Crippen LogP contribution in [-0.4, -0.2) is 50.3 Å². The van der Waals surface area contributed by atoms with E-state index < -0.39 is 6.09 Å². The summed E-state index contributed by atoms with van der Waals surface area (Å²) in [4.78, 5) is 35.7. The largest absolute Gasteiger partial charge is 0.465 e. The predicted octanol–water partition coefficient (Wildman–Crippen LogP) is 4.07. The molecule has 156 valence electrons. The van der Waals surface area contributed by atoms with Crippen molar-refractivity contribution in [2.75, 3.05) is 18.5 Å². The number of anilines is 1. The summed E-state index contributed by atoms with van der Waals surface area (Å²) in [7, 11) is 1.36. The van der Waals surface area contributed by atoms with Crippen molar-refractivity contribution in [3.8, 4) is 0 Å². The molecule has 2 aromatic heterocycles. The fraction of sp³-hybridized carbons (Fsp3) is 0.238. The van der Waals surface area contributed by atoms with Gasteiger partial charge in [0.05, 0.1) is 28.4 Å². The molecule has 30 heavy (non-hydrogen) atoms. The van der Waals surface area contributed by atoms with Gasteiger partial charge in [0.2, 0.25) is 5.95 Å². The fourth-order valence-corrected chi connectivity index (χ4v) is 2.85. The topological polar surface area (TPSA) is 116 Å². The Morgan fingerprint density at radius 1 is 1.13 bits per heavy atom. The lowest BCUT2D eigenvalue weighted by Gasteiger charge is -2.14. The lowest BCUT2D eigenvalue weighted by atomic mass is 10.3. The minimum absolute atomic E-state index is 0.0812. The van der Waals surface area contributed by atoms with Gasteiger partial charge in [0.25, 0.3) is 0 Å². The molecule has 9 heteroatoms. The van der Waals surface area contributed by atoms with Crippen molar-refractivity contribution in [3.63, 3.8) is 0 Å². The number of imidazole rings is 2. The van der Waals surface area contributed by atoms with Gasteiger partial charge in [-0.15, -0.1) is 0 Å². The van der Waals surface area contributed by atoms with Crippen molar-refractivity contribution in [1.82, 2.24) is 24.8 Å². The van der Waals surface area contributed by atoms with Crippen LogP contribution in [0.25, 0.3) is 22.1 Å². The summed E-state index contributed by atoms with van der Waals surface area (Å²) < 4.78 is 1.29. The number of aromatic nitrogens is 4. The number of benzene rings is 2. The number of carbonyl (C=O) groups excluding carboxylic acids is 1. The highest BCUT2D eigenvalue weighted by atomic mass is 16.4. The van der Waals surface area contributed by atoms with Gasteiger partial charge < -0.3 is 15.4 Å². The lowest BCUT2D eigenvalue weighted by Crippen LogP contribution is -2.34. The molecule has 0 unspecified atom stereocenters. The highest BCUT2D eigenvalue weighted by molar-refractivity contribution is 5.96. The molecule has 0 saturated heterocycles. The van der Waals surface area contributed by atoms with Crippen LogP contribution in [0.5, 0.6) is 0 Å². The SMILES string of the molecule is CCCCNC(=O)n1c(N(C)C(=O)O)nc2ccccc21.c1ccc2[nH]cnc2c1. The second kappa shape index (κ2) is 9.55. The molecule has 9 nitrogen and oxygen atoms in total. The van der Waals surface area contributed by atoms with Crippen LogP contribution in [0.15, 0.2) is 54.9 Å². The van der Waals surface area contributed by atoms with Gasteiger partial charge in [-0.2, -0.15) is 0 Å². The molecule has 0 aliphatic carbocycles. The quantitative estimate of drug-likeness (QED) is 0.440. The summed E-state index contributed by atoms with van der Waals surface area (Å²) in [5, 5.41) is 11.9. The zero-order valence-electron chi connectivity index (χ0n) is 16.9. The van der Waals surface area contributed by atoms with E-state index in [1.165, 1.54) is 11.6 Å². The molecule has 0 atom stereocenters. The molecule has 0 radical (unpaired) electrons. The van der Waals surface area contributed by atoms with Gasteiger partial charge in [0.1, 0.15) is 0 Å². The van der Waals surface area contributed by atoms with E-state index in [9.17, 15) is 9.59 Å². The maximum Gasteiger partial charge on any atom is 0.413 e. The van der Waals surface area contributed by atoms with Crippen LogP contribution in [-0.2, 0) is 0 Å². The number of unbranched alkanes of at least 4 members (excludes halogenated alkanes) is 1. The van der Waals surface area contributed by atoms with Gasteiger partial charge in [-0.05, 0) is 30.7 Å². The summed E-state index contributed by atoms with van der Waals surface area (Å²) in [6.07, 6.45) is 2.35. The number of carbonyl (C=O) groups is 2. The molecule has 0 bridgehead atoms. The number of amides is 2. The monoisotopic (exact) mass is 408 g/mol. The van der Waals surface area contributed by atoms with Gasteiger partial charge in [-0.25, -0.2) is 29.0 Å². The van der Waals surface area contributed by atoms with Crippen molar-refractivity contribution in [1.29, 1.82) is 0 Å². The molecule has 0 fully saturated rings. The summed E-state index contributed by atoms with van der Waals surface area (Å²) in [5.41, 5.74) is 3.27. The number of hydrogen-bond acceptors (Lipinski definition) is 4. The van der Waals surface area contributed by atoms with E-state index in [0.29, 0.717) is 17.6 Å². The number of para-hydroxylation sites is 4. The van der Waals surface area contributed by atoms with E-state index in [-0.39, 0.29) is 12.0 Å². The number of aromatic amines is 1. The third-order valence-corrected chi connectivity index (χ3v) is 4.47. The molecule has 0 saturated carbocycles. The second-order valence-electron chi connectivity index (χ2n) is 6.58. The average Bonchev–Trinajstić information content (AvgIpc) is 3.38. The molecule has 3 N–H and O–H groups in total. The summed E-state index contributed by atoms with van der Waals surface area (Å²) >= 11 is 0. The van der Waals surface area contributed by atoms with Gasteiger partial charge in [0, 0.05) is 13.6 Å². The van der Waals surface area contributed by atoms with E-state index in [2.05, 4.69) is 20.3 Å². The Labute approximate surface area is 173 Å². The van der Waals surface area contributed by atoms with E-state index in [1.54, 1.807) is 30.6 Å². The normalized spacial score (nSPS) is 10.5. The molecule has 2 aromatic carbocycles. The first kappa shape index (κ1) is 20.8. The van der Waals surface area contributed by atoms with Crippen LogP contribution in [0.1, 0.15) is 19.8 Å². The van der Waals surface area contributed by atoms with Crippen molar-refractivity contribution >= 4 is 40.1 Å². The number of H-pyrrole nitrogens is 1. The fourth-order valence-electron chi connectivity index (χ4n) is 2.85. The first-order valence-corrected chi connectivity index (χ1v) is 9.63. The molecule has 4 rings (SSSR count). The highest BCUT2D eigenvalue weighted by Crippen LogP contribution is 2.21. The number of carboxylic acid groups (broad SMARTS) is 1. The predicted molar refractivity (Wildman–Crippen MR) is 116 cm³/mol. The third kappa shape index (κ3) is 4.57. The van der Waals surface area contributed by atoms with E-state index >= 15 is 0 Å². The number of fused-ring (bicyclic) bond motifs is 2. The van der Waals surface area contributed by atoms with E-state index in [4.69, 9.17) is 5.11 Å². The standard InChI is InChI=1S/C14H18N4O3.C7H6N2/c1-3-4-9-15-13(19)18-11-8-6-5-7-10(11)16-12(18)17(2)14(20)21;1-2-4-7-6(3-1)8-5-9-7/h5-8H,3-4,9H2,1-2H3,(H,15,19)(H,20,21);1-5H,(H,8,9). The summed E-state index contributed by atoms with van der Waals surface area (Å²) in [6, 6.07) is 14.6. The minimum Gasteiger partial charge on any atom is -0.465 e. The van der Waals surface area contributed by atoms with Gasteiger partial charge in [-0.1, -0.05) is 37.6 Å². The Morgan fingerprint density at radius 3 is 2.53 bits per heavy atom. The molecule has 2 amide bonds. The van der Waals surface area contributed by atoms with Crippen molar-refractivity contribution in [2.45, 2.75) is 19.8 Å². The Morgan fingerprint density at radius 2 is 1.83 bits per heavy atom. The summed E-state index contributed by atoms with van der Waals surface area (Å²) in [6.45, 7) is 2.57. The van der Waals surface area contributed by atoms with Gasteiger partial charge >= 0.3 is 12.1 Å². The molecule has 0 spiro atoms. The molecule has 2 heterocycles. The lowest BCUT2D eigenvalue weighted by molar-refractivity contribution is 0.203. The Hall–Kier alpha value is -3.88. The van der Waals surface area contributed by atoms with E-state index in [0.717, 1.165) is 28.8 Å². The Balaban J connectivity index is 0.000000234. The maximum absolute atomic E-state index is 12.3. The zero-order valence-corrected chi connectivity index (χ0v) is 16.9. The molecule has 4 aromatic rings. The molecule has 0 aliphatic rings. The van der Waals surface area contributed by atoms with Gasteiger partial charge in [0.15, 0.2) is 0 Å². The number of nitrogens with zero attached hydrogens (tertiary/aromatic N) is 4. The van der Waals surface area contributed by atoms with Crippen LogP contribution >= 0.6 is 0 Å². The molecule has 0 aliphatic heterocycles. The zero-order chi connectivity index (χ0) is 21.5. The number of nitrogens with one attached hydrogen (secondary N) is 2. The van der Waals surface area contributed by atoms with Crippen molar-refractivity contribution in [2.24, 2.45) is 0 Å². The molecular formula is C21H24N6O3. The second-order valence-corrected chi connectivity index (χ2v) is 6.58. The smallest absolute Gasteiger partial charge is 0.413 e. The van der Waals surface area contributed by atoms with Crippen LogP contribution in [0, 0.1) is 0 Å². The van der Waals surface area contributed by atoms with Gasteiger partial charge in [-0.3, -0.25) is 0 Å². The van der Waals surface area contributed by atoms with Crippen LogP contribution in [0.3, 0.4) is 0 Å². The van der Waals surface area contributed by atoms with Crippen molar-refractivity contribution < 1.29 is 14.7 Å². The van der Waals surface area contributed by atoms with E-state index in [1.807, 2.05) is 31.2 Å². The van der Waals surface area contributed by atoms with Crippen LogP contribution < -0.4 is 10.2 Å². The number of hydrogen-bond donors (Lipinski definition) is 3. The first-order chi connectivity index (χ1) is 14.5. The van der Waals surface area contributed by atoms with Crippen molar-refractivity contribution in [3.05, 3.63) is 54.9 Å². The third-order valence-electron chi connectivity index (χ3n) is 4.47. The Kier molecular flexibility index (Phi) is 6.63. The van der Waals surface area contributed by atoms with Crippen LogP contribution in [0.4, 0.5) is 15.5 Å². The van der Waals surface area contributed by atoms with Crippen LogP contribution in [0.2, 0.25) is 0 Å². The summed E-state index contributed by atoms with van der Waals surface area (Å²) in [5.74, 6) is 0.0812. The molecular weight excluding hydrogens is 384 g/mol. The minimum atomic E-state index is -1.17. The Bertz CT molecular complexity index is 1120.